The number of aryl methyl sites for hydroxylation is 1. The van der Waals surface area contributed by atoms with Gasteiger partial charge in [-0.05, 0) is 19.8 Å². The molecule has 3 N–H and O–H groups in total. The van der Waals surface area contributed by atoms with E-state index in [1.165, 1.54) is 4.68 Å². The van der Waals surface area contributed by atoms with Crippen LogP contribution in [0.3, 0.4) is 0 Å². The van der Waals surface area contributed by atoms with E-state index in [0.29, 0.717) is 12.1 Å². The number of nitrogens with zero attached hydrogens (tertiary/aromatic N) is 2. The number of nitrogens with two attached hydrogens (primary N) is 1. The zero-order valence-corrected chi connectivity index (χ0v) is 9.32. The van der Waals surface area contributed by atoms with E-state index >= 15 is 0 Å². The van der Waals surface area contributed by atoms with Crippen molar-refractivity contribution in [3.05, 3.63) is 11.4 Å². The van der Waals surface area contributed by atoms with Crippen LogP contribution in [0.2, 0.25) is 0 Å². The summed E-state index contributed by atoms with van der Waals surface area (Å²) < 4.78 is 1.51. The van der Waals surface area contributed by atoms with Crippen LogP contribution in [-0.2, 0) is 17.6 Å². The Bertz CT molecular complexity index is 371. The Morgan fingerprint density at radius 2 is 2.13 bits per heavy atom. The molecule has 0 bridgehead atoms. The Hall–Kier alpha value is -1.52. The fourth-order valence-corrected chi connectivity index (χ4v) is 1.57. The number of anilines is 1. The van der Waals surface area contributed by atoms with Crippen molar-refractivity contribution in [3.8, 4) is 0 Å². The summed E-state index contributed by atoms with van der Waals surface area (Å²) >= 11 is 0. The van der Waals surface area contributed by atoms with Gasteiger partial charge in [0.25, 0.3) is 0 Å². The van der Waals surface area contributed by atoms with Crippen LogP contribution in [0.15, 0.2) is 0 Å². The molecule has 0 radical (unpaired) electrons. The molecule has 1 aromatic rings. The van der Waals surface area contributed by atoms with Crippen LogP contribution in [0.25, 0.3) is 0 Å². The summed E-state index contributed by atoms with van der Waals surface area (Å²) in [5, 5.41) is 13.2. The van der Waals surface area contributed by atoms with Crippen LogP contribution in [0.1, 0.15) is 38.2 Å². The fraction of sp³-hybridized carbons (Fsp3) is 0.600. The average molecular weight is 211 g/mol. The third-order valence-electron chi connectivity index (χ3n) is 2.52. The minimum atomic E-state index is -0.894. The molecule has 0 amide bonds. The SMILES string of the molecule is CCc1nn(C(C)C(=O)O)c(CC)c1N. The summed E-state index contributed by atoms with van der Waals surface area (Å²) in [5.41, 5.74) is 8.10. The van der Waals surface area contributed by atoms with E-state index in [2.05, 4.69) is 5.10 Å². The Labute approximate surface area is 88.9 Å². The summed E-state index contributed by atoms with van der Waals surface area (Å²) in [6, 6.07) is -0.664. The molecule has 0 aliphatic rings. The Kier molecular flexibility index (Phi) is 3.34. The van der Waals surface area contributed by atoms with E-state index in [0.717, 1.165) is 17.8 Å². The van der Waals surface area contributed by atoms with E-state index in [1.807, 2.05) is 13.8 Å². The van der Waals surface area contributed by atoms with E-state index < -0.39 is 12.0 Å². The van der Waals surface area contributed by atoms with Gasteiger partial charge in [0.2, 0.25) is 0 Å². The van der Waals surface area contributed by atoms with Crippen LogP contribution >= 0.6 is 0 Å². The maximum atomic E-state index is 10.9. The third kappa shape index (κ3) is 1.95. The van der Waals surface area contributed by atoms with Crippen LogP contribution in [0.5, 0.6) is 0 Å². The molecule has 0 fully saturated rings. The van der Waals surface area contributed by atoms with Crippen LogP contribution < -0.4 is 5.73 Å². The number of hydrogen-bond acceptors (Lipinski definition) is 3. The highest BCUT2D eigenvalue weighted by molar-refractivity contribution is 5.71. The van der Waals surface area contributed by atoms with Gasteiger partial charge in [0, 0.05) is 0 Å². The van der Waals surface area contributed by atoms with E-state index in [1.54, 1.807) is 6.92 Å². The van der Waals surface area contributed by atoms with E-state index in [-0.39, 0.29) is 0 Å². The number of carboxylic acids is 1. The predicted octanol–water partition coefficient (Wildman–Crippen LogP) is 1.24. The number of aliphatic carboxylic acids is 1. The Morgan fingerprint density at radius 1 is 1.53 bits per heavy atom. The molecule has 84 valence electrons. The first kappa shape index (κ1) is 11.6. The zero-order valence-electron chi connectivity index (χ0n) is 9.32. The molecular weight excluding hydrogens is 194 g/mol. The standard InChI is InChI=1S/C10H17N3O2/c1-4-7-9(11)8(5-2)13(12-7)6(3)10(14)15/h6H,4-5,11H2,1-3H3,(H,14,15). The van der Waals surface area contributed by atoms with Gasteiger partial charge in [0.1, 0.15) is 6.04 Å². The highest BCUT2D eigenvalue weighted by Gasteiger charge is 2.21. The van der Waals surface area contributed by atoms with Crippen molar-refractivity contribution in [1.82, 2.24) is 9.78 Å². The monoisotopic (exact) mass is 211 g/mol. The predicted molar refractivity (Wildman–Crippen MR) is 57.7 cm³/mol. The molecule has 15 heavy (non-hydrogen) atoms. The lowest BCUT2D eigenvalue weighted by Gasteiger charge is -2.10. The summed E-state index contributed by atoms with van der Waals surface area (Å²) in [4.78, 5) is 10.9. The van der Waals surface area contributed by atoms with Crippen molar-refractivity contribution in [2.24, 2.45) is 0 Å². The summed E-state index contributed by atoms with van der Waals surface area (Å²) in [5.74, 6) is -0.894. The molecule has 1 aromatic heterocycles. The maximum absolute atomic E-state index is 10.9. The molecule has 0 saturated heterocycles. The van der Waals surface area contributed by atoms with Crippen LogP contribution in [-0.4, -0.2) is 20.9 Å². The topological polar surface area (TPSA) is 81.1 Å². The normalized spacial score (nSPS) is 12.7. The van der Waals surface area contributed by atoms with Crippen molar-refractivity contribution in [2.45, 2.75) is 39.7 Å². The molecule has 1 rings (SSSR count). The molecule has 0 saturated carbocycles. The fourth-order valence-electron chi connectivity index (χ4n) is 1.57. The number of carboxylic acid groups (broad SMARTS) is 1. The molecule has 0 spiro atoms. The highest BCUT2D eigenvalue weighted by Crippen LogP contribution is 2.21. The lowest BCUT2D eigenvalue weighted by molar-refractivity contribution is -0.140. The van der Waals surface area contributed by atoms with E-state index in [9.17, 15) is 4.79 Å². The van der Waals surface area contributed by atoms with Gasteiger partial charge in [-0.2, -0.15) is 5.10 Å². The number of carbonyl (C=O) groups is 1. The largest absolute Gasteiger partial charge is 0.480 e. The van der Waals surface area contributed by atoms with Crippen LogP contribution in [0, 0.1) is 0 Å². The van der Waals surface area contributed by atoms with E-state index in [4.69, 9.17) is 10.8 Å². The minimum absolute atomic E-state index is 0.633. The lowest BCUT2D eigenvalue weighted by atomic mass is 10.2. The van der Waals surface area contributed by atoms with Gasteiger partial charge in [0.05, 0.1) is 17.1 Å². The first-order chi connectivity index (χ1) is 7.02. The molecular formula is C10H17N3O2. The second-order valence-corrected chi connectivity index (χ2v) is 3.47. The highest BCUT2D eigenvalue weighted by atomic mass is 16.4. The maximum Gasteiger partial charge on any atom is 0.328 e. The smallest absolute Gasteiger partial charge is 0.328 e. The van der Waals surface area contributed by atoms with Gasteiger partial charge in [0.15, 0.2) is 0 Å². The molecule has 0 aliphatic heterocycles. The minimum Gasteiger partial charge on any atom is -0.480 e. The zero-order chi connectivity index (χ0) is 11.6. The first-order valence-electron chi connectivity index (χ1n) is 5.11. The number of nitrogen functional groups attached to an aromatic ring is 1. The van der Waals surface area contributed by atoms with Gasteiger partial charge in [-0.15, -0.1) is 0 Å². The number of aromatic nitrogens is 2. The van der Waals surface area contributed by atoms with Gasteiger partial charge in [-0.1, -0.05) is 13.8 Å². The summed E-state index contributed by atoms with van der Waals surface area (Å²) in [7, 11) is 0. The number of rotatable bonds is 4. The molecule has 5 heteroatoms. The molecule has 0 aromatic carbocycles. The Morgan fingerprint density at radius 3 is 2.53 bits per heavy atom. The van der Waals surface area contributed by atoms with Gasteiger partial charge in [-0.3, -0.25) is 4.68 Å². The molecule has 1 unspecified atom stereocenters. The van der Waals surface area contributed by atoms with Gasteiger partial charge in [-0.25, -0.2) is 4.79 Å². The molecule has 5 nitrogen and oxygen atoms in total. The third-order valence-corrected chi connectivity index (χ3v) is 2.52. The van der Waals surface area contributed by atoms with Crippen molar-refractivity contribution >= 4 is 11.7 Å². The Balaban J connectivity index is 3.22. The summed E-state index contributed by atoms with van der Waals surface area (Å²) in [6.07, 6.45) is 1.41. The quantitative estimate of drug-likeness (QED) is 0.785. The number of hydrogen-bond donors (Lipinski definition) is 2. The van der Waals surface area contributed by atoms with Gasteiger partial charge < -0.3 is 10.8 Å². The van der Waals surface area contributed by atoms with Crippen molar-refractivity contribution in [2.75, 3.05) is 5.73 Å². The molecule has 1 heterocycles. The average Bonchev–Trinajstić information content (AvgIpc) is 2.53. The van der Waals surface area contributed by atoms with Gasteiger partial charge >= 0.3 is 5.97 Å². The molecule has 0 aliphatic carbocycles. The molecule has 1 atom stereocenters. The van der Waals surface area contributed by atoms with Crippen LogP contribution in [0.4, 0.5) is 5.69 Å². The lowest BCUT2D eigenvalue weighted by Crippen LogP contribution is -2.19. The van der Waals surface area contributed by atoms with Crippen molar-refractivity contribution < 1.29 is 9.90 Å². The van der Waals surface area contributed by atoms with Crippen molar-refractivity contribution in [1.29, 1.82) is 0 Å². The first-order valence-corrected chi connectivity index (χ1v) is 5.11. The summed E-state index contributed by atoms with van der Waals surface area (Å²) in [6.45, 7) is 5.50. The second-order valence-electron chi connectivity index (χ2n) is 3.47. The second kappa shape index (κ2) is 4.33. The van der Waals surface area contributed by atoms with Crippen molar-refractivity contribution in [3.63, 3.8) is 0 Å².